The van der Waals surface area contributed by atoms with Crippen molar-refractivity contribution in [2.24, 2.45) is 0 Å². The molecule has 2 heteroatoms. The van der Waals surface area contributed by atoms with E-state index in [0.717, 1.165) is 16.7 Å². The van der Waals surface area contributed by atoms with Gasteiger partial charge in [-0.2, -0.15) is 0 Å². The van der Waals surface area contributed by atoms with E-state index >= 15 is 0 Å². The number of ketones is 1. The van der Waals surface area contributed by atoms with E-state index in [0.29, 0.717) is 6.42 Å². The Morgan fingerprint density at radius 3 is 2.56 bits per heavy atom. The highest BCUT2D eigenvalue weighted by Crippen LogP contribution is 2.19. The van der Waals surface area contributed by atoms with Crippen LogP contribution < -0.4 is 0 Å². The normalized spacial score (nSPS) is 10.1. The second-order valence-corrected chi connectivity index (χ2v) is 3.59. The molecule has 0 saturated heterocycles. The van der Waals surface area contributed by atoms with E-state index < -0.39 is 0 Å². The van der Waals surface area contributed by atoms with E-state index in [9.17, 15) is 4.79 Å². The van der Waals surface area contributed by atoms with Crippen LogP contribution in [0.3, 0.4) is 0 Å². The van der Waals surface area contributed by atoms with Gasteiger partial charge in [-0.3, -0.25) is 9.78 Å². The van der Waals surface area contributed by atoms with Gasteiger partial charge in [0.15, 0.2) is 5.78 Å². The van der Waals surface area contributed by atoms with Crippen molar-refractivity contribution in [3.8, 4) is 11.1 Å². The Morgan fingerprint density at radius 2 is 1.88 bits per heavy atom. The Kier molecular flexibility index (Phi) is 3.10. The maximum Gasteiger partial charge on any atom is 0.162 e. The largest absolute Gasteiger partial charge is 0.294 e. The number of hydrogen-bond donors (Lipinski definition) is 0. The van der Waals surface area contributed by atoms with Gasteiger partial charge in [0, 0.05) is 24.4 Å². The molecule has 0 bridgehead atoms. The standard InChI is InChI=1S/C14H13NO/c1-2-14(16)13-5-3-4-12(10-13)11-6-8-15-9-7-11/h3-10H,2H2,1H3. The van der Waals surface area contributed by atoms with Gasteiger partial charge in [-0.1, -0.05) is 25.1 Å². The molecule has 1 aromatic carbocycles. The van der Waals surface area contributed by atoms with Gasteiger partial charge in [-0.05, 0) is 29.3 Å². The molecule has 0 saturated carbocycles. The van der Waals surface area contributed by atoms with Crippen molar-refractivity contribution in [3.05, 3.63) is 54.4 Å². The summed E-state index contributed by atoms with van der Waals surface area (Å²) in [4.78, 5) is 15.6. The van der Waals surface area contributed by atoms with Crippen LogP contribution >= 0.6 is 0 Å². The first-order valence-electron chi connectivity index (χ1n) is 5.35. The van der Waals surface area contributed by atoms with Crippen LogP contribution in [0.2, 0.25) is 0 Å². The molecule has 0 amide bonds. The van der Waals surface area contributed by atoms with E-state index in [2.05, 4.69) is 4.98 Å². The third-order valence-corrected chi connectivity index (χ3v) is 2.52. The Labute approximate surface area is 95.0 Å². The molecule has 0 spiro atoms. The minimum atomic E-state index is 0.177. The van der Waals surface area contributed by atoms with Gasteiger partial charge >= 0.3 is 0 Å². The molecule has 0 N–H and O–H groups in total. The van der Waals surface area contributed by atoms with Crippen molar-refractivity contribution in [2.75, 3.05) is 0 Å². The van der Waals surface area contributed by atoms with Crippen LogP contribution in [0.4, 0.5) is 0 Å². The minimum Gasteiger partial charge on any atom is -0.294 e. The molecule has 0 fully saturated rings. The lowest BCUT2D eigenvalue weighted by Crippen LogP contribution is -1.96. The number of carbonyl (C=O) groups is 1. The molecule has 2 nitrogen and oxygen atoms in total. The summed E-state index contributed by atoms with van der Waals surface area (Å²) in [6.45, 7) is 1.88. The van der Waals surface area contributed by atoms with Crippen molar-refractivity contribution < 1.29 is 4.79 Å². The smallest absolute Gasteiger partial charge is 0.162 e. The Balaban J connectivity index is 2.40. The molecule has 2 aromatic rings. The zero-order valence-corrected chi connectivity index (χ0v) is 9.18. The van der Waals surface area contributed by atoms with Crippen LogP contribution in [0.5, 0.6) is 0 Å². The molecule has 16 heavy (non-hydrogen) atoms. The number of benzene rings is 1. The topological polar surface area (TPSA) is 30.0 Å². The summed E-state index contributed by atoms with van der Waals surface area (Å²) in [5, 5.41) is 0. The van der Waals surface area contributed by atoms with Gasteiger partial charge < -0.3 is 0 Å². The maximum atomic E-state index is 11.6. The zero-order chi connectivity index (χ0) is 11.4. The molecule has 80 valence electrons. The summed E-state index contributed by atoms with van der Waals surface area (Å²) in [5.41, 5.74) is 2.92. The third kappa shape index (κ3) is 2.16. The van der Waals surface area contributed by atoms with Crippen LogP contribution in [-0.2, 0) is 0 Å². The Bertz CT molecular complexity index is 491. The average Bonchev–Trinajstić information content (AvgIpc) is 2.39. The summed E-state index contributed by atoms with van der Waals surface area (Å²) in [6.07, 6.45) is 4.05. The van der Waals surface area contributed by atoms with Gasteiger partial charge in [0.2, 0.25) is 0 Å². The van der Waals surface area contributed by atoms with Gasteiger partial charge in [-0.15, -0.1) is 0 Å². The van der Waals surface area contributed by atoms with Gasteiger partial charge in [0.1, 0.15) is 0 Å². The lowest BCUT2D eigenvalue weighted by Gasteiger charge is -2.03. The number of Topliss-reactive ketones (excluding diaryl/α,β-unsaturated/α-hetero) is 1. The number of carbonyl (C=O) groups excluding carboxylic acids is 1. The fraction of sp³-hybridized carbons (Fsp3) is 0.143. The monoisotopic (exact) mass is 211 g/mol. The van der Waals surface area contributed by atoms with Gasteiger partial charge in [0.25, 0.3) is 0 Å². The SMILES string of the molecule is CCC(=O)c1cccc(-c2ccncc2)c1. The lowest BCUT2D eigenvalue weighted by atomic mass is 10.0. The predicted molar refractivity (Wildman–Crippen MR) is 64.3 cm³/mol. The average molecular weight is 211 g/mol. The van der Waals surface area contributed by atoms with Gasteiger partial charge in [-0.25, -0.2) is 0 Å². The van der Waals surface area contributed by atoms with E-state index in [4.69, 9.17) is 0 Å². The van der Waals surface area contributed by atoms with Crippen molar-refractivity contribution in [2.45, 2.75) is 13.3 Å². The number of aromatic nitrogens is 1. The molecule has 2 rings (SSSR count). The fourth-order valence-corrected chi connectivity index (χ4v) is 1.62. The summed E-state index contributed by atoms with van der Waals surface area (Å²) in [5.74, 6) is 0.177. The maximum absolute atomic E-state index is 11.6. The van der Waals surface area contributed by atoms with E-state index in [-0.39, 0.29) is 5.78 Å². The Morgan fingerprint density at radius 1 is 1.12 bits per heavy atom. The minimum absolute atomic E-state index is 0.177. The number of pyridine rings is 1. The highest BCUT2D eigenvalue weighted by molar-refractivity contribution is 5.96. The third-order valence-electron chi connectivity index (χ3n) is 2.52. The van der Waals surface area contributed by atoms with Crippen molar-refractivity contribution in [1.29, 1.82) is 0 Å². The molecule has 1 aromatic heterocycles. The molecule has 0 aliphatic heterocycles. The first-order chi connectivity index (χ1) is 7.81. The zero-order valence-electron chi connectivity index (χ0n) is 9.18. The number of rotatable bonds is 3. The van der Waals surface area contributed by atoms with Crippen LogP contribution in [0, 0.1) is 0 Å². The molecule has 1 heterocycles. The van der Waals surface area contributed by atoms with Crippen molar-refractivity contribution in [3.63, 3.8) is 0 Å². The quantitative estimate of drug-likeness (QED) is 0.729. The van der Waals surface area contributed by atoms with Crippen LogP contribution in [0.1, 0.15) is 23.7 Å². The second-order valence-electron chi connectivity index (χ2n) is 3.59. The van der Waals surface area contributed by atoms with E-state index in [1.54, 1.807) is 12.4 Å². The van der Waals surface area contributed by atoms with Crippen molar-refractivity contribution >= 4 is 5.78 Å². The van der Waals surface area contributed by atoms with Crippen LogP contribution in [0.25, 0.3) is 11.1 Å². The fourth-order valence-electron chi connectivity index (χ4n) is 1.62. The molecule has 0 unspecified atom stereocenters. The highest BCUT2D eigenvalue weighted by Gasteiger charge is 2.04. The number of nitrogens with zero attached hydrogens (tertiary/aromatic N) is 1. The summed E-state index contributed by atoms with van der Waals surface area (Å²) < 4.78 is 0. The first-order valence-corrected chi connectivity index (χ1v) is 5.35. The summed E-state index contributed by atoms with van der Waals surface area (Å²) in [6, 6.07) is 11.6. The highest BCUT2D eigenvalue weighted by atomic mass is 16.1. The molecular weight excluding hydrogens is 198 g/mol. The Hall–Kier alpha value is -1.96. The molecule has 0 aliphatic rings. The summed E-state index contributed by atoms with van der Waals surface area (Å²) >= 11 is 0. The van der Waals surface area contributed by atoms with Crippen LogP contribution in [-0.4, -0.2) is 10.8 Å². The number of hydrogen-bond acceptors (Lipinski definition) is 2. The molecule has 0 radical (unpaired) electrons. The molecular formula is C14H13NO. The van der Waals surface area contributed by atoms with Crippen LogP contribution in [0.15, 0.2) is 48.8 Å². The molecule has 0 atom stereocenters. The van der Waals surface area contributed by atoms with Gasteiger partial charge in [0.05, 0.1) is 0 Å². The first kappa shape index (κ1) is 10.6. The lowest BCUT2D eigenvalue weighted by molar-refractivity contribution is 0.0988. The molecule has 0 aliphatic carbocycles. The second kappa shape index (κ2) is 4.71. The van der Waals surface area contributed by atoms with Crippen molar-refractivity contribution in [1.82, 2.24) is 4.98 Å². The predicted octanol–water partition coefficient (Wildman–Crippen LogP) is 3.34. The summed E-state index contributed by atoms with van der Waals surface area (Å²) in [7, 11) is 0. The van der Waals surface area contributed by atoms with E-state index in [1.165, 1.54) is 0 Å². The van der Waals surface area contributed by atoms with E-state index in [1.807, 2.05) is 43.3 Å².